The Morgan fingerprint density at radius 1 is 1.21 bits per heavy atom. The van der Waals surface area contributed by atoms with Crippen LogP contribution in [0, 0.1) is 6.92 Å². The molecule has 0 fully saturated rings. The summed E-state index contributed by atoms with van der Waals surface area (Å²) in [6.45, 7) is 3.60. The number of aromatic hydroxyl groups is 1. The van der Waals surface area contributed by atoms with Crippen molar-refractivity contribution in [1.29, 1.82) is 0 Å². The summed E-state index contributed by atoms with van der Waals surface area (Å²) >= 11 is 0. The van der Waals surface area contributed by atoms with Crippen molar-refractivity contribution in [1.82, 2.24) is 9.55 Å². The Hall–Kier alpha value is -3.36. The van der Waals surface area contributed by atoms with Crippen LogP contribution in [-0.2, 0) is 0 Å². The minimum atomic E-state index is -0.771. The summed E-state index contributed by atoms with van der Waals surface area (Å²) in [6.07, 6.45) is 0.263. The van der Waals surface area contributed by atoms with E-state index >= 15 is 0 Å². The van der Waals surface area contributed by atoms with Gasteiger partial charge in [0.15, 0.2) is 0 Å². The zero-order valence-corrected chi connectivity index (χ0v) is 13.3. The Kier molecular flexibility index (Phi) is 4.83. The van der Waals surface area contributed by atoms with Gasteiger partial charge in [-0.25, -0.2) is 9.36 Å². The number of rotatable bonds is 4. The van der Waals surface area contributed by atoms with Crippen molar-refractivity contribution in [2.75, 3.05) is 0 Å². The van der Waals surface area contributed by atoms with Crippen LogP contribution in [0.15, 0.2) is 44.1 Å². The third-order valence-corrected chi connectivity index (χ3v) is 3.29. The molecule has 1 heterocycles. The van der Waals surface area contributed by atoms with E-state index in [1.165, 1.54) is 0 Å². The highest BCUT2D eigenvalue weighted by Crippen LogP contribution is 2.18. The molecule has 0 atom stereocenters. The molecule has 2 rings (SSSR count). The summed E-state index contributed by atoms with van der Waals surface area (Å²) in [4.78, 5) is 26.4. The van der Waals surface area contributed by atoms with Crippen LogP contribution in [0.3, 0.4) is 0 Å². The van der Waals surface area contributed by atoms with Gasteiger partial charge in [-0.3, -0.25) is 9.78 Å². The van der Waals surface area contributed by atoms with E-state index in [0.717, 1.165) is 10.1 Å². The summed E-state index contributed by atoms with van der Waals surface area (Å²) < 4.78 is 0.983. The molecule has 0 aliphatic carbocycles. The zero-order valence-electron chi connectivity index (χ0n) is 13.3. The van der Waals surface area contributed by atoms with E-state index in [4.69, 9.17) is 11.5 Å². The summed E-state index contributed by atoms with van der Waals surface area (Å²) in [5, 5.41) is 17.8. The molecule has 24 heavy (non-hydrogen) atoms. The lowest BCUT2D eigenvalue weighted by Gasteiger charge is -2.12. The average molecular weight is 330 g/mol. The molecule has 0 saturated carbocycles. The topological polar surface area (TPSA) is 152 Å². The number of nitrogens with one attached hydrogen (secondary N) is 1. The van der Waals surface area contributed by atoms with E-state index < -0.39 is 17.1 Å². The second-order valence-corrected chi connectivity index (χ2v) is 5.05. The Morgan fingerprint density at radius 3 is 2.38 bits per heavy atom. The molecule has 0 bridgehead atoms. The van der Waals surface area contributed by atoms with Crippen LogP contribution in [0.5, 0.6) is 5.88 Å². The van der Waals surface area contributed by atoms with Crippen molar-refractivity contribution < 1.29 is 5.11 Å². The lowest BCUT2D eigenvalue weighted by Crippen LogP contribution is -2.33. The number of aryl methyl sites for hydroxylation is 1. The van der Waals surface area contributed by atoms with Gasteiger partial charge in [-0.15, -0.1) is 5.10 Å². The first-order chi connectivity index (χ1) is 11.3. The minimum Gasteiger partial charge on any atom is -0.493 e. The SMILES string of the molecule is CC/C(=N\N=C(N)N)c1c(O)n(-c2ccc(C)cc2)c(=O)[nH]c1=O. The minimum absolute atomic E-state index is 0.142. The fourth-order valence-corrected chi connectivity index (χ4v) is 2.13. The second-order valence-electron chi connectivity index (χ2n) is 5.05. The Balaban J connectivity index is 2.75. The number of hydrogen-bond donors (Lipinski definition) is 4. The van der Waals surface area contributed by atoms with Gasteiger partial charge in [0.05, 0.1) is 11.4 Å². The molecule has 0 saturated heterocycles. The van der Waals surface area contributed by atoms with Crippen molar-refractivity contribution in [3.63, 3.8) is 0 Å². The van der Waals surface area contributed by atoms with Gasteiger partial charge < -0.3 is 16.6 Å². The van der Waals surface area contributed by atoms with Gasteiger partial charge in [0.1, 0.15) is 5.56 Å². The molecule has 9 nitrogen and oxygen atoms in total. The maximum absolute atomic E-state index is 12.1. The molecular weight excluding hydrogens is 312 g/mol. The van der Waals surface area contributed by atoms with E-state index in [1.807, 2.05) is 6.92 Å². The molecule has 0 amide bonds. The van der Waals surface area contributed by atoms with Crippen LogP contribution < -0.4 is 22.7 Å². The number of guanidine groups is 1. The van der Waals surface area contributed by atoms with Crippen molar-refractivity contribution in [3.05, 3.63) is 56.2 Å². The number of nitrogens with zero attached hydrogens (tertiary/aromatic N) is 3. The van der Waals surface area contributed by atoms with Gasteiger partial charge in [-0.05, 0) is 25.5 Å². The molecule has 2 aromatic rings. The Bertz CT molecular complexity index is 918. The van der Waals surface area contributed by atoms with Gasteiger partial charge in [0.25, 0.3) is 5.56 Å². The maximum atomic E-state index is 12.1. The smallest absolute Gasteiger partial charge is 0.335 e. The van der Waals surface area contributed by atoms with Crippen molar-refractivity contribution in [2.24, 2.45) is 21.7 Å². The molecule has 1 aromatic carbocycles. The Morgan fingerprint density at radius 2 is 1.83 bits per heavy atom. The highest BCUT2D eigenvalue weighted by Gasteiger charge is 2.19. The van der Waals surface area contributed by atoms with Crippen LogP contribution in [0.4, 0.5) is 0 Å². The van der Waals surface area contributed by atoms with Crippen LogP contribution in [0.1, 0.15) is 24.5 Å². The number of aromatic nitrogens is 2. The highest BCUT2D eigenvalue weighted by atomic mass is 16.3. The molecule has 126 valence electrons. The molecule has 0 radical (unpaired) electrons. The lowest BCUT2D eigenvalue weighted by atomic mass is 10.1. The van der Waals surface area contributed by atoms with Crippen molar-refractivity contribution in [2.45, 2.75) is 20.3 Å². The third-order valence-electron chi connectivity index (χ3n) is 3.29. The highest BCUT2D eigenvalue weighted by molar-refractivity contribution is 6.02. The summed E-state index contributed by atoms with van der Waals surface area (Å²) in [5.41, 5.74) is 10.3. The van der Waals surface area contributed by atoms with Gasteiger partial charge in [-0.2, -0.15) is 5.10 Å². The van der Waals surface area contributed by atoms with Gasteiger partial charge >= 0.3 is 5.69 Å². The lowest BCUT2D eigenvalue weighted by molar-refractivity contribution is 0.429. The Labute approximate surface area is 137 Å². The number of nitrogens with two attached hydrogens (primary N) is 2. The first kappa shape index (κ1) is 17.0. The summed E-state index contributed by atoms with van der Waals surface area (Å²) in [6, 6.07) is 6.86. The van der Waals surface area contributed by atoms with E-state index in [1.54, 1.807) is 31.2 Å². The molecule has 9 heteroatoms. The first-order valence-electron chi connectivity index (χ1n) is 7.16. The maximum Gasteiger partial charge on any atom is 0.335 e. The van der Waals surface area contributed by atoms with Crippen molar-refractivity contribution >= 4 is 11.7 Å². The van der Waals surface area contributed by atoms with E-state index in [9.17, 15) is 14.7 Å². The van der Waals surface area contributed by atoms with Crippen LogP contribution in [0.2, 0.25) is 0 Å². The fraction of sp³-hybridized carbons (Fsp3) is 0.200. The molecular formula is C15H18N6O3. The number of H-pyrrole nitrogens is 1. The standard InChI is InChI=1S/C15H18N6O3/c1-3-10(19-20-14(16)17)11-12(22)18-15(24)21(13(11)23)9-6-4-8(2)5-7-9/h4-7,23H,3H2,1-2H3,(H4,16,17,20)(H,18,22,24)/b19-10+. The van der Waals surface area contributed by atoms with Crippen LogP contribution >= 0.6 is 0 Å². The number of hydrogen-bond acceptors (Lipinski definition) is 5. The molecule has 0 aliphatic rings. The van der Waals surface area contributed by atoms with E-state index in [0.29, 0.717) is 5.69 Å². The predicted molar refractivity (Wildman–Crippen MR) is 91.7 cm³/mol. The van der Waals surface area contributed by atoms with E-state index in [2.05, 4.69) is 15.2 Å². The van der Waals surface area contributed by atoms with Crippen LogP contribution in [0.25, 0.3) is 5.69 Å². The third kappa shape index (κ3) is 3.35. The molecule has 0 spiro atoms. The average Bonchev–Trinajstić information content (AvgIpc) is 2.51. The van der Waals surface area contributed by atoms with Gasteiger partial charge in [0, 0.05) is 0 Å². The quantitative estimate of drug-likeness (QED) is 0.351. The van der Waals surface area contributed by atoms with Gasteiger partial charge in [-0.1, -0.05) is 24.6 Å². The largest absolute Gasteiger partial charge is 0.493 e. The van der Waals surface area contributed by atoms with Crippen molar-refractivity contribution in [3.8, 4) is 11.6 Å². The number of benzene rings is 1. The number of aromatic amines is 1. The zero-order chi connectivity index (χ0) is 17.9. The predicted octanol–water partition coefficient (Wildman–Crippen LogP) is -0.0727. The molecule has 0 unspecified atom stereocenters. The molecule has 0 aliphatic heterocycles. The fourth-order valence-electron chi connectivity index (χ4n) is 2.13. The molecule has 6 N–H and O–H groups in total. The van der Waals surface area contributed by atoms with E-state index in [-0.39, 0.29) is 23.7 Å². The van der Waals surface area contributed by atoms with Crippen LogP contribution in [-0.4, -0.2) is 26.3 Å². The second kappa shape index (κ2) is 6.82. The molecule has 1 aromatic heterocycles. The monoisotopic (exact) mass is 330 g/mol. The summed E-state index contributed by atoms with van der Waals surface area (Å²) in [5.74, 6) is -0.817. The first-order valence-corrected chi connectivity index (χ1v) is 7.16. The summed E-state index contributed by atoms with van der Waals surface area (Å²) in [7, 11) is 0. The van der Waals surface area contributed by atoms with Gasteiger partial charge in [0.2, 0.25) is 11.8 Å². The normalized spacial score (nSPS) is 11.3.